The minimum Gasteiger partial charge on any atom is -0.489 e. The average Bonchev–Trinajstić information content (AvgIpc) is 3.31. The Morgan fingerprint density at radius 3 is 2.58 bits per heavy atom. The molecule has 0 spiro atoms. The predicted octanol–water partition coefficient (Wildman–Crippen LogP) is 3.96. The summed E-state index contributed by atoms with van der Waals surface area (Å²) in [4.78, 5) is 20.6. The van der Waals surface area contributed by atoms with Gasteiger partial charge >= 0.3 is 0 Å². The zero-order chi connectivity index (χ0) is 21.3. The number of nitrogens with one attached hydrogen (secondary N) is 1. The monoisotopic (exact) mass is 414 g/mol. The van der Waals surface area contributed by atoms with Crippen LogP contribution < -0.4 is 10.1 Å². The van der Waals surface area contributed by atoms with Crippen LogP contribution in [0, 0.1) is 0 Å². The van der Waals surface area contributed by atoms with Crippen molar-refractivity contribution in [2.24, 2.45) is 0 Å². The van der Waals surface area contributed by atoms with E-state index in [1.807, 2.05) is 66.7 Å². The molecule has 0 fully saturated rings. The van der Waals surface area contributed by atoms with Crippen LogP contribution in [0.4, 0.5) is 0 Å². The Labute approximate surface area is 180 Å². The molecule has 1 amide bonds. The number of nitrogens with zero attached hydrogens (tertiary/aromatic N) is 3. The summed E-state index contributed by atoms with van der Waals surface area (Å²) < 4.78 is 11.0. The zero-order valence-electron chi connectivity index (χ0n) is 16.9. The molecule has 4 rings (SSSR count). The predicted molar refractivity (Wildman–Crippen MR) is 115 cm³/mol. The van der Waals surface area contributed by atoms with E-state index in [4.69, 9.17) is 9.26 Å². The third kappa shape index (κ3) is 5.99. The largest absolute Gasteiger partial charge is 0.489 e. The van der Waals surface area contributed by atoms with Gasteiger partial charge in [-0.15, -0.1) is 0 Å². The molecule has 0 saturated heterocycles. The highest BCUT2D eigenvalue weighted by Gasteiger charge is 2.10. The van der Waals surface area contributed by atoms with Gasteiger partial charge in [0.2, 0.25) is 17.6 Å². The number of ether oxygens (including phenoxy) is 1. The lowest BCUT2D eigenvalue weighted by Crippen LogP contribution is -2.23. The van der Waals surface area contributed by atoms with Crippen molar-refractivity contribution in [1.29, 1.82) is 0 Å². The Hall–Kier alpha value is -4.00. The normalized spacial score (nSPS) is 10.6. The Morgan fingerprint density at radius 2 is 1.81 bits per heavy atom. The van der Waals surface area contributed by atoms with Crippen molar-refractivity contribution in [3.05, 3.63) is 96.1 Å². The first-order chi connectivity index (χ1) is 15.3. The fourth-order valence-corrected chi connectivity index (χ4v) is 2.92. The molecule has 2 aromatic carbocycles. The van der Waals surface area contributed by atoms with Crippen molar-refractivity contribution in [2.45, 2.75) is 26.0 Å². The number of hydrogen-bond donors (Lipinski definition) is 1. The Bertz CT molecular complexity index is 1100. The van der Waals surface area contributed by atoms with Crippen LogP contribution >= 0.6 is 0 Å². The van der Waals surface area contributed by atoms with Gasteiger partial charge < -0.3 is 14.6 Å². The van der Waals surface area contributed by atoms with Crippen LogP contribution in [0.3, 0.4) is 0 Å². The van der Waals surface area contributed by atoms with Gasteiger partial charge in [-0.1, -0.05) is 53.7 Å². The number of carbonyl (C=O) groups is 1. The number of aromatic nitrogens is 3. The maximum atomic E-state index is 12.2. The molecule has 2 heterocycles. The third-order valence-electron chi connectivity index (χ3n) is 4.61. The lowest BCUT2D eigenvalue weighted by Gasteiger charge is -2.08. The fourth-order valence-electron chi connectivity index (χ4n) is 2.92. The summed E-state index contributed by atoms with van der Waals surface area (Å²) in [7, 11) is 0. The van der Waals surface area contributed by atoms with Crippen LogP contribution in [0.1, 0.15) is 23.4 Å². The summed E-state index contributed by atoms with van der Waals surface area (Å²) in [5.41, 5.74) is 2.89. The highest BCUT2D eigenvalue weighted by atomic mass is 16.5. The molecule has 0 bridgehead atoms. The molecular weight excluding hydrogens is 392 g/mol. The molecule has 0 aliphatic heterocycles. The molecular formula is C24H22N4O3. The molecule has 4 aromatic rings. The second kappa shape index (κ2) is 10.2. The topological polar surface area (TPSA) is 90.1 Å². The number of hydrogen-bond acceptors (Lipinski definition) is 6. The van der Waals surface area contributed by atoms with Crippen LogP contribution in [0.15, 0.2) is 83.6 Å². The van der Waals surface area contributed by atoms with Crippen LogP contribution in [0.5, 0.6) is 5.75 Å². The maximum absolute atomic E-state index is 12.2. The van der Waals surface area contributed by atoms with Gasteiger partial charge in [0.25, 0.3) is 0 Å². The summed E-state index contributed by atoms with van der Waals surface area (Å²) in [5, 5.41) is 6.87. The molecule has 2 aromatic heterocycles. The van der Waals surface area contributed by atoms with E-state index in [0.717, 1.165) is 22.4 Å². The van der Waals surface area contributed by atoms with Crippen LogP contribution in [0.25, 0.3) is 11.4 Å². The molecule has 0 atom stereocenters. The van der Waals surface area contributed by atoms with Gasteiger partial charge in [0.15, 0.2) is 0 Å². The van der Waals surface area contributed by atoms with Crippen molar-refractivity contribution in [3.8, 4) is 17.1 Å². The standard InChI is InChI=1S/C24H22N4O3/c29-22(12-13-23-27-24(28-31-23)20-6-2-1-3-7-20)26-16-18-8-10-21(11-9-18)30-17-19-5-4-14-25-15-19/h1-11,14-15H,12-13,16-17H2,(H,26,29). The third-order valence-corrected chi connectivity index (χ3v) is 4.61. The van der Waals surface area contributed by atoms with E-state index in [2.05, 4.69) is 20.4 Å². The molecule has 1 N–H and O–H groups in total. The summed E-state index contributed by atoms with van der Waals surface area (Å²) >= 11 is 0. The first-order valence-corrected chi connectivity index (χ1v) is 10.0. The van der Waals surface area contributed by atoms with Crippen LogP contribution in [0.2, 0.25) is 0 Å². The van der Waals surface area contributed by atoms with E-state index >= 15 is 0 Å². The van der Waals surface area contributed by atoms with Crippen molar-refractivity contribution in [2.75, 3.05) is 0 Å². The van der Waals surface area contributed by atoms with E-state index in [1.165, 1.54) is 0 Å². The summed E-state index contributed by atoms with van der Waals surface area (Å²) in [6.07, 6.45) is 4.19. The molecule has 0 unspecified atom stereocenters. The van der Waals surface area contributed by atoms with Crippen molar-refractivity contribution < 1.29 is 14.1 Å². The van der Waals surface area contributed by atoms with Gasteiger partial charge in [0.1, 0.15) is 12.4 Å². The second-order valence-corrected chi connectivity index (χ2v) is 6.95. The molecule has 0 radical (unpaired) electrons. The van der Waals surface area contributed by atoms with E-state index in [-0.39, 0.29) is 12.3 Å². The summed E-state index contributed by atoms with van der Waals surface area (Å²) in [6, 6.07) is 21.1. The van der Waals surface area contributed by atoms with Crippen molar-refractivity contribution in [3.63, 3.8) is 0 Å². The number of amides is 1. The quantitative estimate of drug-likeness (QED) is 0.446. The van der Waals surface area contributed by atoms with Gasteiger partial charge in [-0.05, 0) is 23.8 Å². The first kappa shape index (κ1) is 20.3. The van der Waals surface area contributed by atoms with Gasteiger partial charge in [-0.2, -0.15) is 4.98 Å². The molecule has 7 heteroatoms. The molecule has 7 nitrogen and oxygen atoms in total. The first-order valence-electron chi connectivity index (χ1n) is 10.0. The number of benzene rings is 2. The highest BCUT2D eigenvalue weighted by molar-refractivity contribution is 5.76. The second-order valence-electron chi connectivity index (χ2n) is 6.95. The Balaban J connectivity index is 1.20. The minimum absolute atomic E-state index is 0.0728. The summed E-state index contributed by atoms with van der Waals surface area (Å²) in [5.74, 6) is 1.67. The van der Waals surface area contributed by atoms with Crippen molar-refractivity contribution in [1.82, 2.24) is 20.4 Å². The lowest BCUT2D eigenvalue weighted by molar-refractivity contribution is -0.121. The van der Waals surface area contributed by atoms with Crippen LogP contribution in [-0.2, 0) is 24.4 Å². The highest BCUT2D eigenvalue weighted by Crippen LogP contribution is 2.16. The minimum atomic E-state index is -0.0728. The summed E-state index contributed by atoms with van der Waals surface area (Å²) in [6.45, 7) is 0.909. The molecule has 0 aliphatic rings. The molecule has 0 saturated carbocycles. The number of carbonyl (C=O) groups excluding carboxylic acids is 1. The van der Waals surface area contributed by atoms with Gasteiger partial charge in [-0.25, -0.2) is 0 Å². The maximum Gasteiger partial charge on any atom is 0.227 e. The molecule has 156 valence electrons. The number of aryl methyl sites for hydroxylation is 1. The van der Waals surface area contributed by atoms with E-state index < -0.39 is 0 Å². The SMILES string of the molecule is O=C(CCc1nc(-c2ccccc2)no1)NCc1ccc(OCc2cccnc2)cc1. The van der Waals surface area contributed by atoms with E-state index in [1.54, 1.807) is 12.4 Å². The van der Waals surface area contributed by atoms with Gasteiger partial charge in [0, 0.05) is 42.9 Å². The lowest BCUT2D eigenvalue weighted by atomic mass is 10.2. The fraction of sp³-hybridized carbons (Fsp3) is 0.167. The van der Waals surface area contributed by atoms with Crippen LogP contribution in [-0.4, -0.2) is 21.0 Å². The number of rotatable bonds is 9. The molecule has 0 aliphatic carbocycles. The van der Waals surface area contributed by atoms with E-state index in [0.29, 0.717) is 31.3 Å². The average molecular weight is 414 g/mol. The van der Waals surface area contributed by atoms with Gasteiger partial charge in [0.05, 0.1) is 0 Å². The number of pyridine rings is 1. The Morgan fingerprint density at radius 1 is 0.968 bits per heavy atom. The Kier molecular flexibility index (Phi) is 6.64. The van der Waals surface area contributed by atoms with E-state index in [9.17, 15) is 4.79 Å². The van der Waals surface area contributed by atoms with Crippen molar-refractivity contribution >= 4 is 5.91 Å². The smallest absolute Gasteiger partial charge is 0.227 e. The molecule has 31 heavy (non-hydrogen) atoms. The zero-order valence-corrected chi connectivity index (χ0v) is 16.9. The van der Waals surface area contributed by atoms with Gasteiger partial charge in [-0.3, -0.25) is 9.78 Å².